The van der Waals surface area contributed by atoms with Crippen molar-refractivity contribution in [2.24, 2.45) is 17.4 Å². The first-order chi connectivity index (χ1) is 11.7. The number of carbonyl (C=O) groups is 3. The van der Waals surface area contributed by atoms with E-state index < -0.39 is 23.8 Å². The first-order valence-corrected chi connectivity index (χ1v) is 7.60. The number of amides is 3. The summed E-state index contributed by atoms with van der Waals surface area (Å²) in [7, 11) is 2.83. The van der Waals surface area contributed by atoms with Crippen LogP contribution in [0.4, 0.5) is 5.69 Å². The second-order valence-corrected chi connectivity index (χ2v) is 5.65. The summed E-state index contributed by atoms with van der Waals surface area (Å²) in [6.45, 7) is 3.30. The Bertz CT molecular complexity index is 666. The molecule has 1 atom stereocenters. The molecule has 0 aliphatic rings. The zero-order valence-electron chi connectivity index (χ0n) is 15.1. The number of nitrogens with one attached hydrogen (secondary N) is 2. The molecule has 0 unspecified atom stereocenters. The predicted molar refractivity (Wildman–Crippen MR) is 99.8 cm³/mol. The standard InChI is InChI=1S/C16H24N4O5.ClH/c1-8(2)14(17)16(23)19-7-13(21)20-10-6-12(25-4)11(24-3)5-9(10)15(18)22;/h5-6,8,14H,7,17H2,1-4H3,(H2,18,22)(H,19,23)(H,20,21);1H/t14-;/m0./s1. The van der Waals surface area contributed by atoms with Gasteiger partial charge in [-0.05, 0) is 12.0 Å². The average molecular weight is 389 g/mol. The average Bonchev–Trinajstić information content (AvgIpc) is 2.57. The number of hydrogen-bond acceptors (Lipinski definition) is 6. The van der Waals surface area contributed by atoms with Crippen LogP contribution >= 0.6 is 12.4 Å². The van der Waals surface area contributed by atoms with Crippen LogP contribution in [0.15, 0.2) is 12.1 Å². The first kappa shape index (κ1) is 23.5. The molecule has 0 spiro atoms. The van der Waals surface area contributed by atoms with Crippen molar-refractivity contribution in [1.82, 2.24) is 5.32 Å². The summed E-state index contributed by atoms with van der Waals surface area (Å²) in [5.74, 6) is -1.18. The highest BCUT2D eigenvalue weighted by Gasteiger charge is 2.19. The van der Waals surface area contributed by atoms with Crippen LogP contribution in [-0.2, 0) is 9.59 Å². The molecule has 0 saturated heterocycles. The highest BCUT2D eigenvalue weighted by Crippen LogP contribution is 2.33. The maximum Gasteiger partial charge on any atom is 0.250 e. The molecule has 146 valence electrons. The number of rotatable bonds is 8. The molecule has 0 fully saturated rings. The lowest BCUT2D eigenvalue weighted by molar-refractivity contribution is -0.125. The van der Waals surface area contributed by atoms with Crippen molar-refractivity contribution in [2.45, 2.75) is 19.9 Å². The number of hydrogen-bond donors (Lipinski definition) is 4. The minimum atomic E-state index is -0.748. The summed E-state index contributed by atoms with van der Waals surface area (Å²) in [5, 5.41) is 4.95. The number of methoxy groups -OCH3 is 2. The van der Waals surface area contributed by atoms with E-state index in [4.69, 9.17) is 20.9 Å². The molecular formula is C16H25ClN4O5. The van der Waals surface area contributed by atoms with E-state index >= 15 is 0 Å². The molecule has 0 aliphatic heterocycles. The number of benzene rings is 1. The molecule has 10 heteroatoms. The Balaban J connectivity index is 0.00000625. The van der Waals surface area contributed by atoms with Crippen molar-refractivity contribution < 1.29 is 23.9 Å². The smallest absolute Gasteiger partial charge is 0.250 e. The third-order valence-electron chi connectivity index (χ3n) is 3.51. The molecule has 0 heterocycles. The summed E-state index contributed by atoms with van der Waals surface area (Å²) >= 11 is 0. The second kappa shape index (κ2) is 10.5. The van der Waals surface area contributed by atoms with Gasteiger partial charge in [0.05, 0.1) is 38.1 Å². The zero-order valence-corrected chi connectivity index (χ0v) is 15.9. The van der Waals surface area contributed by atoms with Crippen molar-refractivity contribution >= 4 is 35.8 Å². The van der Waals surface area contributed by atoms with Crippen LogP contribution in [0.1, 0.15) is 24.2 Å². The highest BCUT2D eigenvalue weighted by molar-refractivity contribution is 6.04. The second-order valence-electron chi connectivity index (χ2n) is 5.65. The third kappa shape index (κ3) is 6.08. The van der Waals surface area contributed by atoms with Gasteiger partial charge in [-0.1, -0.05) is 13.8 Å². The van der Waals surface area contributed by atoms with Crippen LogP contribution in [0, 0.1) is 5.92 Å². The van der Waals surface area contributed by atoms with Gasteiger partial charge < -0.3 is 31.6 Å². The predicted octanol–water partition coefficient (Wildman–Crippen LogP) is 0.263. The SMILES string of the molecule is COc1cc(NC(=O)CNC(=O)[C@@H](N)C(C)C)c(C(N)=O)cc1OC.Cl. The van der Waals surface area contributed by atoms with E-state index in [1.165, 1.54) is 26.4 Å². The normalized spacial score (nSPS) is 11.2. The maximum atomic E-state index is 12.0. The Morgan fingerprint density at radius 2 is 1.65 bits per heavy atom. The van der Waals surface area contributed by atoms with Crippen LogP contribution in [-0.4, -0.2) is 44.5 Å². The van der Waals surface area contributed by atoms with Crippen LogP contribution in [0.2, 0.25) is 0 Å². The molecule has 0 bridgehead atoms. The van der Waals surface area contributed by atoms with Gasteiger partial charge in [-0.25, -0.2) is 0 Å². The topological polar surface area (TPSA) is 146 Å². The number of ether oxygens (including phenoxy) is 2. The van der Waals surface area contributed by atoms with E-state index in [0.29, 0.717) is 11.5 Å². The number of nitrogens with two attached hydrogens (primary N) is 2. The Hall–Kier alpha value is -2.52. The summed E-state index contributed by atoms with van der Waals surface area (Å²) in [4.78, 5) is 35.4. The van der Waals surface area contributed by atoms with Crippen LogP contribution < -0.4 is 31.6 Å². The number of primary amides is 1. The summed E-state index contributed by atoms with van der Waals surface area (Å²) in [6.07, 6.45) is 0. The molecule has 9 nitrogen and oxygen atoms in total. The quantitative estimate of drug-likeness (QED) is 0.502. The van der Waals surface area contributed by atoms with Crippen molar-refractivity contribution in [3.8, 4) is 11.5 Å². The van der Waals surface area contributed by atoms with Gasteiger partial charge in [0, 0.05) is 6.07 Å². The third-order valence-corrected chi connectivity index (χ3v) is 3.51. The number of anilines is 1. The summed E-state index contributed by atoms with van der Waals surface area (Å²) < 4.78 is 10.2. The van der Waals surface area contributed by atoms with E-state index in [-0.39, 0.29) is 36.1 Å². The molecule has 6 N–H and O–H groups in total. The van der Waals surface area contributed by atoms with Gasteiger partial charge in [0.1, 0.15) is 0 Å². The zero-order chi connectivity index (χ0) is 19.1. The van der Waals surface area contributed by atoms with Crippen molar-refractivity contribution in [1.29, 1.82) is 0 Å². The van der Waals surface area contributed by atoms with E-state index in [1.807, 2.05) is 0 Å². The van der Waals surface area contributed by atoms with E-state index in [1.54, 1.807) is 13.8 Å². The van der Waals surface area contributed by atoms with Crippen LogP contribution in [0.3, 0.4) is 0 Å². The maximum absolute atomic E-state index is 12.0. The van der Waals surface area contributed by atoms with Crippen molar-refractivity contribution in [3.05, 3.63) is 17.7 Å². The largest absolute Gasteiger partial charge is 0.493 e. The number of halogens is 1. The number of carbonyl (C=O) groups excluding carboxylic acids is 3. The lowest BCUT2D eigenvalue weighted by Crippen LogP contribution is -2.46. The Labute approximate surface area is 158 Å². The van der Waals surface area contributed by atoms with Gasteiger partial charge in [-0.2, -0.15) is 0 Å². The lowest BCUT2D eigenvalue weighted by atomic mass is 10.1. The highest BCUT2D eigenvalue weighted by atomic mass is 35.5. The molecule has 1 aromatic carbocycles. The fraction of sp³-hybridized carbons (Fsp3) is 0.438. The van der Waals surface area contributed by atoms with Gasteiger partial charge in [0.2, 0.25) is 11.8 Å². The van der Waals surface area contributed by atoms with Gasteiger partial charge in [-0.3, -0.25) is 14.4 Å². The molecule has 1 rings (SSSR count). The van der Waals surface area contributed by atoms with Crippen molar-refractivity contribution in [2.75, 3.05) is 26.1 Å². The van der Waals surface area contributed by atoms with E-state index in [9.17, 15) is 14.4 Å². The van der Waals surface area contributed by atoms with Gasteiger partial charge in [-0.15, -0.1) is 12.4 Å². The van der Waals surface area contributed by atoms with Gasteiger partial charge in [0.25, 0.3) is 5.91 Å². The molecular weight excluding hydrogens is 364 g/mol. The van der Waals surface area contributed by atoms with E-state index in [2.05, 4.69) is 10.6 Å². The van der Waals surface area contributed by atoms with Gasteiger partial charge >= 0.3 is 0 Å². The first-order valence-electron chi connectivity index (χ1n) is 7.60. The molecule has 0 aliphatic carbocycles. The van der Waals surface area contributed by atoms with Crippen LogP contribution in [0.5, 0.6) is 11.5 Å². The Morgan fingerprint density at radius 1 is 1.12 bits per heavy atom. The minimum absolute atomic E-state index is 0. The lowest BCUT2D eigenvalue weighted by Gasteiger charge is -2.16. The Kier molecular flexibility index (Phi) is 9.45. The minimum Gasteiger partial charge on any atom is -0.493 e. The molecule has 26 heavy (non-hydrogen) atoms. The monoisotopic (exact) mass is 388 g/mol. The fourth-order valence-electron chi connectivity index (χ4n) is 1.97. The fourth-order valence-corrected chi connectivity index (χ4v) is 1.97. The molecule has 1 aromatic rings. The molecule has 3 amide bonds. The van der Waals surface area contributed by atoms with Crippen LogP contribution in [0.25, 0.3) is 0 Å². The molecule has 0 saturated carbocycles. The molecule has 0 aromatic heterocycles. The van der Waals surface area contributed by atoms with Gasteiger partial charge in [0.15, 0.2) is 11.5 Å². The van der Waals surface area contributed by atoms with Crippen molar-refractivity contribution in [3.63, 3.8) is 0 Å². The summed E-state index contributed by atoms with van der Waals surface area (Å²) in [5.41, 5.74) is 11.2. The Morgan fingerprint density at radius 3 is 2.12 bits per heavy atom. The molecule has 0 radical (unpaired) electrons. The summed E-state index contributed by atoms with van der Waals surface area (Å²) in [6, 6.07) is 2.07. The van der Waals surface area contributed by atoms with E-state index in [0.717, 1.165) is 0 Å².